The minimum Gasteiger partial charge on any atom is -0.406 e. The summed E-state index contributed by atoms with van der Waals surface area (Å²) in [5.74, 6) is 0.119. The van der Waals surface area contributed by atoms with E-state index in [1.54, 1.807) is 13.0 Å². The van der Waals surface area contributed by atoms with Crippen LogP contribution < -0.4 is 10.1 Å². The summed E-state index contributed by atoms with van der Waals surface area (Å²) in [4.78, 5) is 22.9. The number of morpholine rings is 1. The molecule has 0 radical (unpaired) electrons. The van der Waals surface area contributed by atoms with Gasteiger partial charge in [-0.2, -0.15) is 0 Å². The monoisotopic (exact) mass is 469 g/mol. The van der Waals surface area contributed by atoms with Gasteiger partial charge < -0.3 is 14.8 Å². The van der Waals surface area contributed by atoms with Crippen molar-refractivity contribution in [1.29, 1.82) is 0 Å². The third-order valence-electron chi connectivity index (χ3n) is 4.46. The number of nitrogens with zero attached hydrogens (tertiary/aromatic N) is 2. The van der Waals surface area contributed by atoms with Crippen LogP contribution in [0.5, 0.6) is 5.75 Å². The molecule has 0 bridgehead atoms. The molecule has 6 nitrogen and oxygen atoms in total. The van der Waals surface area contributed by atoms with Gasteiger partial charge in [-0.25, -0.2) is 9.97 Å². The maximum atomic E-state index is 12.7. The number of ether oxygens (including phenoxy) is 2. The highest BCUT2D eigenvalue weighted by molar-refractivity contribution is 8.00. The Morgan fingerprint density at radius 2 is 2.16 bits per heavy atom. The molecule has 3 heterocycles. The fraction of sp³-hybridized carbons (Fsp3) is 0.350. The first kappa shape index (κ1) is 22.0. The predicted octanol–water partition coefficient (Wildman–Crippen LogP) is 4.53. The van der Waals surface area contributed by atoms with Crippen molar-refractivity contribution in [2.45, 2.75) is 24.4 Å². The molecule has 11 heteroatoms. The molecule has 1 N–H and O–H groups in total. The number of ketones is 1. The van der Waals surface area contributed by atoms with Crippen molar-refractivity contribution < 1.29 is 27.4 Å². The molecule has 0 saturated carbocycles. The third kappa shape index (κ3) is 5.53. The molecule has 1 aromatic carbocycles. The Labute approximate surface area is 184 Å². The van der Waals surface area contributed by atoms with Gasteiger partial charge in [-0.15, -0.1) is 24.5 Å². The summed E-state index contributed by atoms with van der Waals surface area (Å²) in [6, 6.07) is 7.56. The number of carbonyl (C=O) groups excluding carboxylic acids is 1. The number of halogens is 3. The van der Waals surface area contributed by atoms with Gasteiger partial charge in [-0.05, 0) is 37.3 Å². The number of alkyl halides is 3. The number of hydrogen-bond donors (Lipinski definition) is 1. The standard InChI is InChI=1S/C20H18F3N3O3S2/c1-11-25-14-3-2-12(29-20(21,22)23)8-13(14)19(26-11)30-10-15(27)17-4-5-18(31-17)16-9-24-6-7-28-16/h2-5,8,16,24H,6-7,9-10H2,1H3. The van der Waals surface area contributed by atoms with E-state index >= 15 is 0 Å². The molecule has 1 unspecified atom stereocenters. The van der Waals surface area contributed by atoms with Crippen molar-refractivity contribution in [2.24, 2.45) is 0 Å². The Morgan fingerprint density at radius 1 is 1.32 bits per heavy atom. The maximum Gasteiger partial charge on any atom is 0.573 e. The van der Waals surface area contributed by atoms with E-state index in [4.69, 9.17) is 4.74 Å². The SMILES string of the molecule is Cc1nc(SCC(=O)c2ccc(C3CNCCO3)s2)c2cc(OC(F)(F)F)ccc2n1. The first-order valence-corrected chi connectivity index (χ1v) is 11.2. The second-order valence-electron chi connectivity index (χ2n) is 6.78. The molecule has 164 valence electrons. The first-order chi connectivity index (χ1) is 14.8. The molecule has 4 rings (SSSR count). The van der Waals surface area contributed by atoms with Crippen LogP contribution in [0.25, 0.3) is 10.9 Å². The highest BCUT2D eigenvalue weighted by atomic mass is 32.2. The van der Waals surface area contributed by atoms with Crippen LogP contribution in [0.4, 0.5) is 13.2 Å². The van der Waals surface area contributed by atoms with Crippen LogP contribution in [0.2, 0.25) is 0 Å². The summed E-state index contributed by atoms with van der Waals surface area (Å²) >= 11 is 2.56. The molecule has 2 aromatic heterocycles. The number of thiophene rings is 1. The highest BCUT2D eigenvalue weighted by Gasteiger charge is 2.31. The van der Waals surface area contributed by atoms with Gasteiger partial charge in [0, 0.05) is 23.4 Å². The number of hydrogen-bond acceptors (Lipinski definition) is 8. The summed E-state index contributed by atoms with van der Waals surface area (Å²) in [6.07, 6.45) is -4.86. The topological polar surface area (TPSA) is 73.3 Å². The summed E-state index contributed by atoms with van der Waals surface area (Å²) in [7, 11) is 0. The molecule has 1 saturated heterocycles. The van der Waals surface area contributed by atoms with E-state index in [-0.39, 0.29) is 23.4 Å². The number of carbonyl (C=O) groups is 1. The molecule has 1 atom stereocenters. The smallest absolute Gasteiger partial charge is 0.406 e. The largest absolute Gasteiger partial charge is 0.573 e. The molecule has 1 aliphatic heterocycles. The fourth-order valence-corrected chi connectivity index (χ4v) is 5.15. The van der Waals surface area contributed by atoms with E-state index in [0.29, 0.717) is 39.8 Å². The lowest BCUT2D eigenvalue weighted by Crippen LogP contribution is -2.32. The minimum atomic E-state index is -4.79. The molecule has 0 aliphatic carbocycles. The van der Waals surface area contributed by atoms with Gasteiger partial charge in [-0.3, -0.25) is 4.79 Å². The second kappa shape index (κ2) is 9.11. The zero-order valence-electron chi connectivity index (χ0n) is 16.4. The van der Waals surface area contributed by atoms with Crippen molar-refractivity contribution in [3.05, 3.63) is 45.9 Å². The Balaban J connectivity index is 1.50. The predicted molar refractivity (Wildman–Crippen MR) is 112 cm³/mol. The second-order valence-corrected chi connectivity index (χ2v) is 8.86. The van der Waals surface area contributed by atoms with Crippen LogP contribution in [-0.4, -0.2) is 47.6 Å². The van der Waals surface area contributed by atoms with Crippen LogP contribution in [-0.2, 0) is 4.74 Å². The van der Waals surface area contributed by atoms with E-state index in [2.05, 4.69) is 20.0 Å². The van der Waals surface area contributed by atoms with Crippen molar-refractivity contribution >= 4 is 39.8 Å². The summed E-state index contributed by atoms with van der Waals surface area (Å²) in [6.45, 7) is 3.83. The lowest BCUT2D eigenvalue weighted by atomic mass is 10.2. The van der Waals surface area contributed by atoms with Crippen LogP contribution >= 0.6 is 23.1 Å². The molecular weight excluding hydrogens is 451 g/mol. The van der Waals surface area contributed by atoms with E-state index in [1.807, 2.05) is 6.07 Å². The highest BCUT2D eigenvalue weighted by Crippen LogP contribution is 2.32. The lowest BCUT2D eigenvalue weighted by molar-refractivity contribution is -0.274. The van der Waals surface area contributed by atoms with Crippen LogP contribution in [0, 0.1) is 6.92 Å². The zero-order chi connectivity index (χ0) is 22.0. The number of aromatic nitrogens is 2. The number of thioether (sulfide) groups is 1. The average molecular weight is 470 g/mol. The van der Waals surface area contributed by atoms with E-state index < -0.39 is 6.36 Å². The minimum absolute atomic E-state index is 0.0616. The molecule has 1 fully saturated rings. The van der Waals surface area contributed by atoms with Gasteiger partial charge in [0.15, 0.2) is 5.78 Å². The number of fused-ring (bicyclic) bond motifs is 1. The Kier molecular flexibility index (Phi) is 6.47. The van der Waals surface area contributed by atoms with Crippen molar-refractivity contribution in [3.63, 3.8) is 0 Å². The molecular formula is C20H18F3N3O3S2. The van der Waals surface area contributed by atoms with Crippen LogP contribution in [0.15, 0.2) is 35.4 Å². The number of aryl methyl sites for hydroxylation is 1. The lowest BCUT2D eigenvalue weighted by Gasteiger charge is -2.22. The van der Waals surface area contributed by atoms with E-state index in [0.717, 1.165) is 23.2 Å². The number of benzene rings is 1. The zero-order valence-corrected chi connectivity index (χ0v) is 18.0. The molecule has 3 aromatic rings. The summed E-state index contributed by atoms with van der Waals surface area (Å²) in [5, 5.41) is 4.09. The van der Waals surface area contributed by atoms with Gasteiger partial charge in [0.2, 0.25) is 0 Å². The average Bonchev–Trinajstić information content (AvgIpc) is 3.22. The molecule has 31 heavy (non-hydrogen) atoms. The normalized spacial score (nSPS) is 17.1. The Morgan fingerprint density at radius 3 is 2.90 bits per heavy atom. The molecule has 1 aliphatic rings. The Bertz CT molecular complexity index is 1100. The first-order valence-electron chi connectivity index (χ1n) is 9.41. The van der Waals surface area contributed by atoms with Gasteiger partial charge in [0.05, 0.1) is 22.8 Å². The van der Waals surface area contributed by atoms with Crippen molar-refractivity contribution in [1.82, 2.24) is 15.3 Å². The summed E-state index contributed by atoms with van der Waals surface area (Å²) < 4.78 is 47.4. The van der Waals surface area contributed by atoms with Crippen molar-refractivity contribution in [2.75, 3.05) is 25.4 Å². The molecule has 0 spiro atoms. The molecule has 0 amide bonds. The quantitative estimate of drug-likeness (QED) is 0.323. The van der Waals surface area contributed by atoms with Gasteiger partial charge in [-0.1, -0.05) is 11.8 Å². The van der Waals surface area contributed by atoms with Gasteiger partial charge in [0.25, 0.3) is 0 Å². The fourth-order valence-electron chi connectivity index (χ4n) is 3.13. The number of nitrogens with one attached hydrogen (secondary N) is 1. The number of Topliss-reactive ketones (excluding diaryl/α,β-unsaturated/α-hetero) is 1. The van der Waals surface area contributed by atoms with Gasteiger partial charge in [0.1, 0.15) is 22.7 Å². The van der Waals surface area contributed by atoms with Crippen LogP contribution in [0.3, 0.4) is 0 Å². The third-order valence-corrected chi connectivity index (χ3v) is 6.67. The maximum absolute atomic E-state index is 12.7. The van der Waals surface area contributed by atoms with Crippen molar-refractivity contribution in [3.8, 4) is 5.75 Å². The van der Waals surface area contributed by atoms with E-state index in [9.17, 15) is 18.0 Å². The number of rotatable bonds is 6. The van der Waals surface area contributed by atoms with Gasteiger partial charge >= 0.3 is 6.36 Å². The van der Waals surface area contributed by atoms with E-state index in [1.165, 1.54) is 29.5 Å². The summed E-state index contributed by atoms with van der Waals surface area (Å²) in [5.41, 5.74) is 0.484. The van der Waals surface area contributed by atoms with Crippen LogP contribution in [0.1, 0.15) is 26.5 Å². The Hall–Kier alpha value is -2.21.